The highest BCUT2D eigenvalue weighted by molar-refractivity contribution is 5.98. The van der Waals surface area contributed by atoms with Crippen LogP contribution in [0.15, 0.2) is 84.9 Å². The van der Waals surface area contributed by atoms with Crippen molar-refractivity contribution < 1.29 is 24.2 Å². The Morgan fingerprint density at radius 3 is 1.97 bits per heavy atom. The summed E-state index contributed by atoms with van der Waals surface area (Å²) in [5, 5.41) is 8.86. The summed E-state index contributed by atoms with van der Waals surface area (Å²) in [7, 11) is 1.26. The zero-order valence-electron chi connectivity index (χ0n) is 17.9. The lowest BCUT2D eigenvalue weighted by Crippen LogP contribution is -2.07. The molecular formula is C27H24O5. The first-order chi connectivity index (χ1) is 15.5. The predicted molar refractivity (Wildman–Crippen MR) is 125 cm³/mol. The Bertz CT molecular complexity index is 1120. The van der Waals surface area contributed by atoms with Crippen molar-refractivity contribution >= 4 is 29.3 Å². The fraction of sp³-hybridized carbons (Fsp3) is 0.111. The molecule has 1 N–H and O–H groups in total. The van der Waals surface area contributed by atoms with Crippen LogP contribution in [0.25, 0.3) is 17.2 Å². The average molecular weight is 428 g/mol. The summed E-state index contributed by atoms with van der Waals surface area (Å²) in [5.41, 5.74) is 6.11. The van der Waals surface area contributed by atoms with Crippen molar-refractivity contribution in [2.45, 2.75) is 13.3 Å². The molecule has 0 unspecified atom stereocenters. The molecule has 32 heavy (non-hydrogen) atoms. The molecular weight excluding hydrogens is 404 g/mol. The Hall–Kier alpha value is -4.12. The molecule has 5 heteroatoms. The summed E-state index contributed by atoms with van der Waals surface area (Å²) in [6, 6.07) is 25.2. The van der Waals surface area contributed by atoms with E-state index in [1.165, 1.54) is 12.7 Å². The van der Waals surface area contributed by atoms with Gasteiger partial charge in [-0.2, -0.15) is 0 Å². The lowest BCUT2D eigenvalue weighted by Gasteiger charge is -2.17. The number of allylic oxidation sites excluding steroid dienone is 1. The molecule has 0 saturated heterocycles. The highest BCUT2D eigenvalue weighted by Gasteiger charge is 2.14. The number of benzene rings is 3. The minimum Gasteiger partial charge on any atom is -0.478 e. The number of carbonyl (C=O) groups is 2. The highest BCUT2D eigenvalue weighted by atomic mass is 16.7. The van der Waals surface area contributed by atoms with E-state index < -0.39 is 12.1 Å². The van der Waals surface area contributed by atoms with Gasteiger partial charge in [-0.15, -0.1) is 0 Å². The standard InChI is InChI=1S/C27H24O5/c1-3-24(20-7-5-4-6-8-20)26(21-12-9-19(10-13-21)11-18-25(28)29)22-14-16-23(17-15-22)32-27(30)31-2/h4-18H,3H2,1-2H3,(H,28,29)/b18-11+,26-24+. The minimum absolute atomic E-state index is 0.395. The smallest absolute Gasteiger partial charge is 0.478 e. The van der Waals surface area contributed by atoms with E-state index in [1.807, 2.05) is 54.6 Å². The van der Waals surface area contributed by atoms with Crippen LogP contribution in [0.5, 0.6) is 5.75 Å². The summed E-state index contributed by atoms with van der Waals surface area (Å²) in [5.74, 6) is -0.590. The predicted octanol–water partition coefficient (Wildman–Crippen LogP) is 6.30. The van der Waals surface area contributed by atoms with Crippen LogP contribution < -0.4 is 4.74 Å². The number of hydrogen-bond acceptors (Lipinski definition) is 4. The van der Waals surface area contributed by atoms with Gasteiger partial charge in [0.15, 0.2) is 0 Å². The van der Waals surface area contributed by atoms with Gasteiger partial charge in [-0.3, -0.25) is 0 Å². The molecule has 0 spiro atoms. The third-order valence-corrected chi connectivity index (χ3v) is 4.91. The molecule has 0 aromatic heterocycles. The molecule has 0 aliphatic carbocycles. The van der Waals surface area contributed by atoms with Gasteiger partial charge in [-0.05, 0) is 58.0 Å². The Labute approximate surface area is 187 Å². The van der Waals surface area contributed by atoms with Gasteiger partial charge >= 0.3 is 12.1 Å². The monoisotopic (exact) mass is 428 g/mol. The van der Waals surface area contributed by atoms with E-state index >= 15 is 0 Å². The second-order valence-electron chi connectivity index (χ2n) is 6.95. The molecule has 5 nitrogen and oxygen atoms in total. The zero-order chi connectivity index (χ0) is 22.9. The maximum Gasteiger partial charge on any atom is 0.513 e. The fourth-order valence-corrected chi connectivity index (χ4v) is 3.44. The van der Waals surface area contributed by atoms with Gasteiger partial charge in [0.25, 0.3) is 0 Å². The van der Waals surface area contributed by atoms with Crippen molar-refractivity contribution in [1.29, 1.82) is 0 Å². The van der Waals surface area contributed by atoms with E-state index in [9.17, 15) is 9.59 Å². The molecule has 162 valence electrons. The molecule has 0 heterocycles. The number of ether oxygens (including phenoxy) is 2. The van der Waals surface area contributed by atoms with Crippen LogP contribution in [0.1, 0.15) is 35.6 Å². The van der Waals surface area contributed by atoms with Crippen LogP contribution >= 0.6 is 0 Å². The summed E-state index contributed by atoms with van der Waals surface area (Å²) < 4.78 is 9.65. The van der Waals surface area contributed by atoms with Crippen LogP contribution in [0.3, 0.4) is 0 Å². The van der Waals surface area contributed by atoms with Crippen molar-refractivity contribution in [3.05, 3.63) is 107 Å². The topological polar surface area (TPSA) is 72.8 Å². The Kier molecular flexibility index (Phi) is 7.60. The summed E-state index contributed by atoms with van der Waals surface area (Å²) in [6.07, 6.45) is 2.72. The van der Waals surface area contributed by atoms with Crippen LogP contribution in [0.4, 0.5) is 4.79 Å². The van der Waals surface area contributed by atoms with Gasteiger partial charge in [0.05, 0.1) is 7.11 Å². The van der Waals surface area contributed by atoms with Crippen molar-refractivity contribution in [1.82, 2.24) is 0 Å². The Morgan fingerprint density at radius 1 is 0.844 bits per heavy atom. The average Bonchev–Trinajstić information content (AvgIpc) is 2.82. The van der Waals surface area contributed by atoms with Gasteiger partial charge in [-0.25, -0.2) is 9.59 Å². The fourth-order valence-electron chi connectivity index (χ4n) is 3.44. The van der Waals surface area contributed by atoms with E-state index in [1.54, 1.807) is 18.2 Å². The maximum atomic E-state index is 11.4. The second kappa shape index (κ2) is 10.8. The third kappa shape index (κ3) is 5.73. The zero-order valence-corrected chi connectivity index (χ0v) is 17.9. The molecule has 0 fully saturated rings. The first-order valence-corrected chi connectivity index (χ1v) is 10.2. The number of carbonyl (C=O) groups excluding carboxylic acids is 1. The molecule has 0 radical (unpaired) electrons. The molecule has 0 bridgehead atoms. The maximum absolute atomic E-state index is 11.4. The molecule has 0 atom stereocenters. The van der Waals surface area contributed by atoms with Crippen molar-refractivity contribution in [3.63, 3.8) is 0 Å². The molecule has 0 aliphatic rings. The first-order valence-electron chi connectivity index (χ1n) is 10.2. The van der Waals surface area contributed by atoms with Gasteiger partial charge < -0.3 is 14.6 Å². The third-order valence-electron chi connectivity index (χ3n) is 4.91. The molecule has 3 rings (SSSR count). The highest BCUT2D eigenvalue weighted by Crippen LogP contribution is 2.35. The van der Waals surface area contributed by atoms with E-state index in [-0.39, 0.29) is 0 Å². The van der Waals surface area contributed by atoms with Gasteiger partial charge in [0, 0.05) is 6.08 Å². The number of methoxy groups -OCH3 is 1. The second-order valence-corrected chi connectivity index (χ2v) is 6.95. The van der Waals surface area contributed by atoms with Gasteiger partial charge in [0.1, 0.15) is 5.75 Å². The first kappa shape index (κ1) is 22.6. The van der Waals surface area contributed by atoms with Crippen LogP contribution in [0, 0.1) is 0 Å². The summed E-state index contributed by atoms with van der Waals surface area (Å²) >= 11 is 0. The quantitative estimate of drug-likeness (QED) is 0.207. The van der Waals surface area contributed by atoms with E-state index in [4.69, 9.17) is 9.84 Å². The number of rotatable bonds is 7. The minimum atomic E-state index is -0.985. The molecule has 0 saturated carbocycles. The number of carboxylic acids is 1. The molecule has 3 aromatic carbocycles. The number of carboxylic acid groups (broad SMARTS) is 1. The summed E-state index contributed by atoms with van der Waals surface area (Å²) in [6.45, 7) is 2.11. The number of aliphatic carboxylic acids is 1. The normalized spacial score (nSPS) is 11.7. The van der Waals surface area contributed by atoms with Crippen LogP contribution in [-0.2, 0) is 9.53 Å². The molecule has 3 aromatic rings. The van der Waals surface area contributed by atoms with E-state index in [2.05, 4.69) is 23.8 Å². The Morgan fingerprint density at radius 2 is 1.44 bits per heavy atom. The van der Waals surface area contributed by atoms with Crippen molar-refractivity contribution in [2.24, 2.45) is 0 Å². The van der Waals surface area contributed by atoms with Crippen LogP contribution in [-0.4, -0.2) is 24.3 Å². The lowest BCUT2D eigenvalue weighted by atomic mass is 9.88. The lowest BCUT2D eigenvalue weighted by molar-refractivity contribution is -0.131. The Balaban J connectivity index is 2.09. The molecule has 0 aliphatic heterocycles. The van der Waals surface area contributed by atoms with Gasteiger partial charge in [0.2, 0.25) is 0 Å². The van der Waals surface area contributed by atoms with E-state index in [0.717, 1.165) is 40.3 Å². The molecule has 0 amide bonds. The SMILES string of the molecule is CC/C(=C(/c1ccc(/C=C/C(=O)O)cc1)c1ccc(OC(=O)OC)cc1)c1ccccc1. The summed E-state index contributed by atoms with van der Waals surface area (Å²) in [4.78, 5) is 22.2. The number of hydrogen-bond donors (Lipinski definition) is 1. The largest absolute Gasteiger partial charge is 0.513 e. The van der Waals surface area contributed by atoms with Crippen molar-refractivity contribution in [2.75, 3.05) is 7.11 Å². The van der Waals surface area contributed by atoms with Crippen LogP contribution in [0.2, 0.25) is 0 Å². The van der Waals surface area contributed by atoms with Gasteiger partial charge in [-0.1, -0.05) is 73.7 Å². The van der Waals surface area contributed by atoms with Crippen molar-refractivity contribution in [3.8, 4) is 5.75 Å². The van der Waals surface area contributed by atoms with E-state index in [0.29, 0.717) is 5.75 Å².